The molecule has 1 aliphatic rings. The topological polar surface area (TPSA) is 28.8 Å². The molecule has 2 aromatic heterocycles. The fraction of sp³-hybridized carbons (Fsp3) is 0.400. The molecule has 3 nitrogen and oxygen atoms in total. The van der Waals surface area contributed by atoms with E-state index >= 15 is 0 Å². The Labute approximate surface area is 126 Å². The van der Waals surface area contributed by atoms with Gasteiger partial charge in [0.2, 0.25) is 0 Å². The summed E-state index contributed by atoms with van der Waals surface area (Å²) in [5.41, 5.74) is 0.254. The zero-order chi connectivity index (χ0) is 15.0. The Morgan fingerprint density at radius 1 is 1.38 bits per heavy atom. The van der Waals surface area contributed by atoms with Crippen LogP contribution in [0.2, 0.25) is 5.15 Å². The molecule has 1 atom stereocenters. The number of hydrogen-bond acceptors (Lipinski definition) is 2. The van der Waals surface area contributed by atoms with Crippen molar-refractivity contribution >= 4 is 28.7 Å². The van der Waals surface area contributed by atoms with Gasteiger partial charge in [-0.05, 0) is 12.1 Å². The van der Waals surface area contributed by atoms with Gasteiger partial charge >= 0.3 is 0 Å². The number of rotatable bonds is 2. The van der Waals surface area contributed by atoms with Crippen molar-refractivity contribution < 1.29 is 13.4 Å². The van der Waals surface area contributed by atoms with Gasteiger partial charge < -0.3 is 0 Å². The minimum absolute atomic E-state index is 0.194. The van der Waals surface area contributed by atoms with Gasteiger partial charge in [0.05, 0.1) is 5.52 Å². The predicted molar refractivity (Wildman–Crippen MR) is 78.3 cm³/mol. The molecule has 110 valence electrons. The molecule has 0 bridgehead atoms. The van der Waals surface area contributed by atoms with Crippen molar-refractivity contribution in [1.29, 1.82) is 0 Å². The highest BCUT2D eigenvalue weighted by atomic mass is 35.5. The second kappa shape index (κ2) is 5.30. The maximum absolute atomic E-state index is 14.6. The molecule has 6 heteroatoms. The van der Waals surface area contributed by atoms with E-state index in [4.69, 9.17) is 11.6 Å². The average Bonchev–Trinajstić information content (AvgIpc) is 2.47. The number of nitrogens with zero attached hydrogens (tertiary/aromatic N) is 3. The minimum Gasteiger partial charge on any atom is -0.246 e. The molecule has 0 aromatic carbocycles. The van der Waals surface area contributed by atoms with Gasteiger partial charge in [0.25, 0.3) is 5.92 Å². The molecule has 3 heterocycles. The van der Waals surface area contributed by atoms with Crippen LogP contribution >= 0.6 is 11.6 Å². The van der Waals surface area contributed by atoms with E-state index in [1.54, 1.807) is 6.07 Å². The highest BCUT2D eigenvalue weighted by Gasteiger charge is 2.44. The highest BCUT2D eigenvalue weighted by Crippen LogP contribution is 2.39. The van der Waals surface area contributed by atoms with Gasteiger partial charge in [-0.2, -0.15) is 8.78 Å². The third-order valence-electron chi connectivity index (χ3n) is 3.93. The molecule has 1 aliphatic heterocycles. The van der Waals surface area contributed by atoms with Gasteiger partial charge in [0, 0.05) is 36.4 Å². The van der Waals surface area contributed by atoms with Gasteiger partial charge in [0.15, 0.2) is 0 Å². The van der Waals surface area contributed by atoms with Crippen molar-refractivity contribution in [1.82, 2.24) is 9.97 Å². The van der Waals surface area contributed by atoms with Crippen LogP contribution < -0.4 is 0 Å². The Balaban J connectivity index is 1.98. The quantitative estimate of drug-likeness (QED) is 0.627. The zero-order valence-electron chi connectivity index (χ0n) is 11.6. The lowest BCUT2D eigenvalue weighted by Crippen LogP contribution is -2.33. The van der Waals surface area contributed by atoms with E-state index in [1.807, 2.05) is 17.8 Å². The molecule has 1 unspecified atom stereocenters. The van der Waals surface area contributed by atoms with E-state index in [0.29, 0.717) is 30.3 Å². The number of pyridine rings is 2. The van der Waals surface area contributed by atoms with Crippen LogP contribution in [0, 0.1) is 5.92 Å². The molecule has 0 N–H and O–H groups in total. The predicted octanol–water partition coefficient (Wildman–Crippen LogP) is 3.50. The summed E-state index contributed by atoms with van der Waals surface area (Å²) in [6.45, 7) is 0.642. The Morgan fingerprint density at radius 3 is 2.90 bits per heavy atom. The summed E-state index contributed by atoms with van der Waals surface area (Å²) in [6, 6.07) is 4.51. The molecule has 0 spiro atoms. The first-order valence-electron chi connectivity index (χ1n) is 6.81. The standard InChI is InChI=1S/C15H15ClF2N3/c1-21-6-4-11(5-7-21)15(17,18)13-3-2-10-9-19-14(16)8-12(10)20-13/h2-3,6,8-9,11H,4-5,7H2,1H3/q+1. The number of aromatic nitrogens is 2. The summed E-state index contributed by atoms with van der Waals surface area (Å²) >= 11 is 5.80. The van der Waals surface area contributed by atoms with Crippen molar-refractivity contribution in [2.24, 2.45) is 5.92 Å². The van der Waals surface area contributed by atoms with Crippen LogP contribution in [0.1, 0.15) is 18.5 Å². The van der Waals surface area contributed by atoms with E-state index in [0.717, 1.165) is 0 Å². The highest BCUT2D eigenvalue weighted by molar-refractivity contribution is 6.29. The van der Waals surface area contributed by atoms with Gasteiger partial charge in [-0.3, -0.25) is 0 Å². The molecule has 21 heavy (non-hydrogen) atoms. The Hall–Kier alpha value is -1.62. The molecule has 0 aliphatic carbocycles. The van der Waals surface area contributed by atoms with E-state index < -0.39 is 11.8 Å². The second-order valence-electron chi connectivity index (χ2n) is 5.40. The Kier molecular flexibility index (Phi) is 3.61. The molecule has 0 fully saturated rings. The summed E-state index contributed by atoms with van der Waals surface area (Å²) in [4.78, 5) is 8.02. The molecule has 0 radical (unpaired) electrons. The first-order chi connectivity index (χ1) is 9.96. The number of alkyl halides is 2. The van der Waals surface area contributed by atoms with Gasteiger partial charge in [-0.1, -0.05) is 11.6 Å². The van der Waals surface area contributed by atoms with E-state index in [-0.39, 0.29) is 10.8 Å². The maximum atomic E-state index is 14.6. The normalized spacial score (nSPS) is 19.6. The van der Waals surface area contributed by atoms with Gasteiger partial charge in [-0.25, -0.2) is 14.5 Å². The van der Waals surface area contributed by atoms with E-state index in [1.165, 1.54) is 18.3 Å². The molecule has 0 saturated carbocycles. The lowest BCUT2D eigenvalue weighted by molar-refractivity contribution is -0.501. The molecule has 0 amide bonds. The van der Waals surface area contributed by atoms with Crippen LogP contribution in [0.5, 0.6) is 0 Å². The van der Waals surface area contributed by atoms with Gasteiger partial charge in [0.1, 0.15) is 30.7 Å². The summed E-state index contributed by atoms with van der Waals surface area (Å²) in [6.07, 6.45) is 4.18. The molecular weight excluding hydrogens is 296 g/mol. The lowest BCUT2D eigenvalue weighted by Gasteiger charge is -2.26. The van der Waals surface area contributed by atoms with E-state index in [2.05, 4.69) is 9.97 Å². The smallest absolute Gasteiger partial charge is 0.246 e. The third-order valence-corrected chi connectivity index (χ3v) is 4.13. The largest absolute Gasteiger partial charge is 0.293 e. The van der Waals surface area contributed by atoms with Crippen LogP contribution in [0.25, 0.3) is 10.9 Å². The average molecular weight is 311 g/mol. The summed E-state index contributed by atoms with van der Waals surface area (Å²) in [5, 5.41) is 0.956. The maximum Gasteiger partial charge on any atom is 0.293 e. The number of fused-ring (bicyclic) bond motifs is 1. The van der Waals surface area contributed by atoms with Crippen molar-refractivity contribution in [3.63, 3.8) is 0 Å². The molecule has 0 saturated heterocycles. The fourth-order valence-corrected chi connectivity index (χ4v) is 2.74. The molecule has 3 rings (SSSR count). The Morgan fingerprint density at radius 2 is 2.19 bits per heavy atom. The lowest BCUT2D eigenvalue weighted by atomic mass is 9.90. The van der Waals surface area contributed by atoms with Crippen molar-refractivity contribution in [2.75, 3.05) is 13.6 Å². The number of hydrogen-bond donors (Lipinski definition) is 0. The van der Waals surface area contributed by atoms with Crippen LogP contribution in [0.4, 0.5) is 8.78 Å². The van der Waals surface area contributed by atoms with Crippen molar-refractivity contribution in [3.05, 3.63) is 35.2 Å². The van der Waals surface area contributed by atoms with Crippen LogP contribution in [-0.2, 0) is 5.92 Å². The Bertz CT molecular complexity index is 715. The fourth-order valence-electron chi connectivity index (χ4n) is 2.59. The van der Waals surface area contributed by atoms with Gasteiger partial charge in [-0.15, -0.1) is 0 Å². The van der Waals surface area contributed by atoms with E-state index in [9.17, 15) is 8.78 Å². The second-order valence-corrected chi connectivity index (χ2v) is 5.79. The first kappa shape index (κ1) is 14.3. The van der Waals surface area contributed by atoms with Crippen molar-refractivity contribution in [2.45, 2.75) is 18.8 Å². The van der Waals surface area contributed by atoms with Crippen LogP contribution in [0.3, 0.4) is 0 Å². The summed E-state index contributed by atoms with van der Waals surface area (Å²) in [5.74, 6) is -3.65. The van der Waals surface area contributed by atoms with Crippen molar-refractivity contribution in [3.8, 4) is 0 Å². The SMILES string of the molecule is C[N+]1=CCC(C(F)(F)c2ccc3cnc(Cl)cc3n2)CC1. The van der Waals surface area contributed by atoms with Crippen LogP contribution in [0.15, 0.2) is 24.4 Å². The third kappa shape index (κ3) is 2.75. The molecule has 2 aromatic rings. The molecular formula is C15H15ClF2N3+. The number of halogens is 3. The summed E-state index contributed by atoms with van der Waals surface area (Å²) in [7, 11) is 1.90. The van der Waals surface area contributed by atoms with Crippen LogP contribution in [-0.4, -0.2) is 34.4 Å². The first-order valence-corrected chi connectivity index (χ1v) is 7.19. The minimum atomic E-state index is -2.94. The summed E-state index contributed by atoms with van der Waals surface area (Å²) < 4.78 is 31.2. The zero-order valence-corrected chi connectivity index (χ0v) is 12.3. The monoisotopic (exact) mass is 310 g/mol.